The van der Waals surface area contributed by atoms with Crippen molar-refractivity contribution in [2.75, 3.05) is 0 Å². The van der Waals surface area contributed by atoms with E-state index in [2.05, 4.69) is 4.98 Å². The molecule has 0 unspecified atom stereocenters. The Labute approximate surface area is 130 Å². The lowest BCUT2D eigenvalue weighted by atomic mass is 10.1. The van der Waals surface area contributed by atoms with Gasteiger partial charge in [0.15, 0.2) is 0 Å². The molecule has 0 spiro atoms. The van der Waals surface area contributed by atoms with Crippen LogP contribution in [0.5, 0.6) is 0 Å². The van der Waals surface area contributed by atoms with E-state index in [4.69, 9.17) is 11.6 Å². The molecule has 104 valence electrons. The van der Waals surface area contributed by atoms with Crippen molar-refractivity contribution in [3.63, 3.8) is 0 Å². The molecule has 2 aromatic carbocycles. The first-order valence-corrected chi connectivity index (χ1v) is 7.37. The van der Waals surface area contributed by atoms with Crippen molar-refractivity contribution in [2.45, 2.75) is 0 Å². The van der Waals surface area contributed by atoms with Crippen molar-refractivity contribution in [3.8, 4) is 0 Å². The fourth-order valence-electron chi connectivity index (χ4n) is 1.90. The molecule has 0 saturated heterocycles. The van der Waals surface area contributed by atoms with E-state index >= 15 is 0 Å². The Bertz CT molecular complexity index is 804. The van der Waals surface area contributed by atoms with E-state index in [0.717, 1.165) is 20.8 Å². The summed E-state index contributed by atoms with van der Waals surface area (Å²) in [6.45, 7) is 0. The number of hydrogen-bond acceptors (Lipinski definition) is 4. The molecule has 0 bridgehead atoms. The lowest BCUT2D eigenvalue weighted by molar-refractivity contribution is -0.255. The van der Waals surface area contributed by atoms with E-state index in [9.17, 15) is 9.90 Å². The first-order valence-electron chi connectivity index (χ1n) is 6.18. The average molecular weight is 315 g/mol. The van der Waals surface area contributed by atoms with Gasteiger partial charge in [-0.25, -0.2) is 4.98 Å². The molecule has 0 aliphatic rings. The number of benzene rings is 2. The van der Waals surface area contributed by atoms with E-state index in [0.29, 0.717) is 5.03 Å². The van der Waals surface area contributed by atoms with Crippen LogP contribution in [-0.2, 0) is 0 Å². The minimum absolute atomic E-state index is 0.142. The zero-order chi connectivity index (χ0) is 14.8. The molecule has 3 nitrogen and oxygen atoms in total. The quantitative estimate of drug-likeness (QED) is 0.744. The second-order valence-corrected chi connectivity index (χ2v) is 5.83. The second kappa shape index (κ2) is 5.68. The maximum Gasteiger partial charge on any atom is 0.136 e. The molecule has 1 aromatic heterocycles. The highest BCUT2D eigenvalue weighted by Gasteiger charge is 2.06. The third-order valence-electron chi connectivity index (χ3n) is 2.94. The number of para-hydroxylation sites is 1. The van der Waals surface area contributed by atoms with E-state index in [1.165, 1.54) is 23.5 Å². The van der Waals surface area contributed by atoms with E-state index in [1.807, 2.05) is 24.3 Å². The number of carboxylic acid groups (broad SMARTS) is 1. The van der Waals surface area contributed by atoms with Crippen LogP contribution in [0.25, 0.3) is 21.3 Å². The Morgan fingerprint density at radius 3 is 2.52 bits per heavy atom. The number of thiazole rings is 1. The van der Waals surface area contributed by atoms with Crippen LogP contribution in [-0.4, -0.2) is 11.0 Å². The Hall–Kier alpha value is -2.17. The standard InChI is InChI=1S/C16H10ClNO2S/c17-12(9-10-5-7-11(8-6-10)16(19)20)15-18-13-3-1-2-4-14(13)21-15/h1-9H,(H,19,20)/p-1/b12-9-. The van der Waals surface area contributed by atoms with Crippen molar-refractivity contribution in [3.05, 3.63) is 64.7 Å². The van der Waals surface area contributed by atoms with Gasteiger partial charge in [0.1, 0.15) is 5.01 Å². The number of carbonyl (C=O) groups is 1. The van der Waals surface area contributed by atoms with Crippen molar-refractivity contribution in [1.82, 2.24) is 4.98 Å². The van der Waals surface area contributed by atoms with Gasteiger partial charge in [0.05, 0.1) is 21.2 Å². The van der Waals surface area contributed by atoms with Gasteiger partial charge in [0.2, 0.25) is 0 Å². The monoisotopic (exact) mass is 314 g/mol. The normalized spacial score (nSPS) is 11.8. The number of halogens is 1. The number of carboxylic acids is 1. The highest BCUT2D eigenvalue weighted by molar-refractivity contribution is 7.20. The van der Waals surface area contributed by atoms with E-state index in [1.54, 1.807) is 18.2 Å². The Morgan fingerprint density at radius 1 is 1.14 bits per heavy atom. The van der Waals surface area contributed by atoms with Crippen LogP contribution >= 0.6 is 22.9 Å². The fraction of sp³-hybridized carbons (Fsp3) is 0. The van der Waals surface area contributed by atoms with E-state index < -0.39 is 5.97 Å². The summed E-state index contributed by atoms with van der Waals surface area (Å²) in [5, 5.41) is 12.0. The molecule has 3 aromatic rings. The SMILES string of the molecule is O=C([O-])c1ccc(/C=C(\Cl)c2nc3ccccc3s2)cc1. The molecule has 0 fully saturated rings. The van der Waals surface area contributed by atoms with Gasteiger partial charge in [-0.15, -0.1) is 11.3 Å². The number of carbonyl (C=O) groups excluding carboxylic acids is 1. The van der Waals surface area contributed by atoms with Gasteiger partial charge in [0.25, 0.3) is 0 Å². The highest BCUT2D eigenvalue weighted by atomic mass is 35.5. The van der Waals surface area contributed by atoms with Gasteiger partial charge in [-0.3, -0.25) is 0 Å². The second-order valence-electron chi connectivity index (χ2n) is 4.39. The Morgan fingerprint density at radius 2 is 1.86 bits per heavy atom. The zero-order valence-corrected chi connectivity index (χ0v) is 12.3. The smallest absolute Gasteiger partial charge is 0.136 e. The van der Waals surface area contributed by atoms with Crippen molar-refractivity contribution in [2.24, 2.45) is 0 Å². The zero-order valence-electron chi connectivity index (χ0n) is 10.7. The van der Waals surface area contributed by atoms with Crippen LogP contribution in [0.4, 0.5) is 0 Å². The molecular formula is C16H9ClNO2S-. The molecule has 3 rings (SSSR count). The number of aromatic nitrogens is 1. The minimum atomic E-state index is -1.19. The molecule has 21 heavy (non-hydrogen) atoms. The maximum absolute atomic E-state index is 10.7. The number of fused-ring (bicyclic) bond motifs is 1. The summed E-state index contributed by atoms with van der Waals surface area (Å²) in [6, 6.07) is 14.2. The lowest BCUT2D eigenvalue weighted by Crippen LogP contribution is -2.21. The van der Waals surface area contributed by atoms with Crippen LogP contribution in [0.1, 0.15) is 20.9 Å². The summed E-state index contributed by atoms with van der Waals surface area (Å²) < 4.78 is 1.08. The number of nitrogens with zero attached hydrogens (tertiary/aromatic N) is 1. The van der Waals surface area contributed by atoms with Crippen molar-refractivity contribution < 1.29 is 9.90 Å². The molecule has 0 aliphatic heterocycles. The molecule has 0 aliphatic carbocycles. The third kappa shape index (κ3) is 2.96. The Balaban J connectivity index is 1.92. The average Bonchev–Trinajstić information content (AvgIpc) is 2.92. The Kier molecular flexibility index (Phi) is 3.73. The van der Waals surface area contributed by atoms with Crippen LogP contribution in [0.2, 0.25) is 0 Å². The lowest BCUT2D eigenvalue weighted by Gasteiger charge is -2.02. The van der Waals surface area contributed by atoms with Crippen LogP contribution < -0.4 is 5.11 Å². The molecular weight excluding hydrogens is 306 g/mol. The highest BCUT2D eigenvalue weighted by Crippen LogP contribution is 2.30. The number of aromatic carboxylic acids is 1. The fourth-order valence-corrected chi connectivity index (χ4v) is 3.06. The van der Waals surface area contributed by atoms with Gasteiger partial charge >= 0.3 is 0 Å². The molecule has 0 N–H and O–H groups in total. The number of rotatable bonds is 3. The summed E-state index contributed by atoms with van der Waals surface area (Å²) in [5.41, 5.74) is 1.86. The van der Waals surface area contributed by atoms with Gasteiger partial charge < -0.3 is 9.90 Å². The minimum Gasteiger partial charge on any atom is -0.545 e. The summed E-state index contributed by atoms with van der Waals surface area (Å²) >= 11 is 7.81. The van der Waals surface area contributed by atoms with E-state index in [-0.39, 0.29) is 5.56 Å². The summed E-state index contributed by atoms with van der Waals surface area (Å²) in [7, 11) is 0. The molecule has 0 atom stereocenters. The van der Waals surface area contributed by atoms with Gasteiger partial charge in [-0.2, -0.15) is 0 Å². The first-order chi connectivity index (χ1) is 10.1. The van der Waals surface area contributed by atoms with Crippen LogP contribution in [0, 0.1) is 0 Å². The van der Waals surface area contributed by atoms with Crippen LogP contribution in [0.3, 0.4) is 0 Å². The largest absolute Gasteiger partial charge is 0.545 e. The predicted octanol–water partition coefficient (Wildman–Crippen LogP) is 3.40. The first kappa shape index (κ1) is 13.8. The van der Waals surface area contributed by atoms with Crippen LogP contribution in [0.15, 0.2) is 48.5 Å². The van der Waals surface area contributed by atoms with Crippen molar-refractivity contribution in [1.29, 1.82) is 0 Å². The van der Waals surface area contributed by atoms with Gasteiger partial charge in [-0.1, -0.05) is 48.0 Å². The van der Waals surface area contributed by atoms with Gasteiger partial charge in [-0.05, 0) is 29.3 Å². The molecule has 0 radical (unpaired) electrons. The van der Waals surface area contributed by atoms with Crippen molar-refractivity contribution >= 4 is 50.2 Å². The molecule has 1 heterocycles. The third-order valence-corrected chi connectivity index (χ3v) is 4.41. The topological polar surface area (TPSA) is 53.0 Å². The summed E-state index contributed by atoms with van der Waals surface area (Å²) in [5.74, 6) is -1.19. The molecule has 0 saturated carbocycles. The van der Waals surface area contributed by atoms with Gasteiger partial charge in [0, 0.05) is 0 Å². The predicted molar refractivity (Wildman–Crippen MR) is 84.1 cm³/mol. The maximum atomic E-state index is 10.7. The number of hydrogen-bond donors (Lipinski definition) is 0. The molecule has 5 heteroatoms. The summed E-state index contributed by atoms with van der Waals surface area (Å²) in [6.07, 6.45) is 1.76. The summed E-state index contributed by atoms with van der Waals surface area (Å²) in [4.78, 5) is 15.2. The molecule has 0 amide bonds.